The Morgan fingerprint density at radius 3 is 2.00 bits per heavy atom. The molecule has 0 nitrogen and oxygen atoms in total. The maximum Gasteiger partial charge on any atom is -0.0286 e. The van der Waals surface area contributed by atoms with Crippen LogP contribution in [-0.2, 0) is 0 Å². The summed E-state index contributed by atoms with van der Waals surface area (Å²) < 4.78 is 0. The molecule has 316 valence electrons. The van der Waals surface area contributed by atoms with E-state index in [1.165, 1.54) is 128 Å². The second-order valence-corrected chi connectivity index (χ2v) is 23.1. The number of hydrogen-bond donors (Lipinski definition) is 0. The lowest BCUT2D eigenvalue weighted by Crippen LogP contribution is -2.34. The van der Waals surface area contributed by atoms with Crippen LogP contribution in [0, 0.1) is 88.8 Å². The van der Waals surface area contributed by atoms with Crippen LogP contribution in [0.3, 0.4) is 0 Å². The van der Waals surface area contributed by atoms with Crippen molar-refractivity contribution in [3.05, 3.63) is 11.1 Å². The van der Waals surface area contributed by atoms with Gasteiger partial charge in [0, 0.05) is 0 Å². The van der Waals surface area contributed by atoms with Gasteiger partial charge in [-0.2, -0.15) is 0 Å². The Bertz CT molecular complexity index is 1140. The summed E-state index contributed by atoms with van der Waals surface area (Å²) in [6.07, 6.45) is 50.5. The average Bonchev–Trinajstić information content (AvgIpc) is 3.56. The molecule has 0 heterocycles. The lowest BCUT2D eigenvalue weighted by Gasteiger charge is -2.44. The van der Waals surface area contributed by atoms with Gasteiger partial charge in [-0.15, -0.1) is 0 Å². The third kappa shape index (κ3) is 11.3. The summed E-state index contributed by atoms with van der Waals surface area (Å²) in [5.74, 6) is 15.2. The molecule has 0 heteroatoms. The molecule has 7 aliphatic carbocycles. The van der Waals surface area contributed by atoms with Crippen LogP contribution in [0.2, 0.25) is 0 Å². The fraction of sp³-hybridized carbons (Fsp3) is 0.964. The lowest BCUT2D eigenvalue weighted by atomic mass is 9.61. The van der Waals surface area contributed by atoms with Gasteiger partial charge in [0.1, 0.15) is 0 Å². The Morgan fingerprint density at radius 2 is 1.18 bits per heavy atom. The van der Waals surface area contributed by atoms with Crippen molar-refractivity contribution in [1.82, 2.24) is 0 Å². The van der Waals surface area contributed by atoms with E-state index in [9.17, 15) is 0 Å². The first-order valence-corrected chi connectivity index (χ1v) is 26.6. The van der Waals surface area contributed by atoms with Gasteiger partial charge < -0.3 is 0 Å². The molecule has 55 heavy (non-hydrogen) atoms. The number of fused-ring (bicyclic) bond motifs is 3. The van der Waals surface area contributed by atoms with E-state index in [0.29, 0.717) is 0 Å². The van der Waals surface area contributed by atoms with Crippen molar-refractivity contribution in [2.75, 3.05) is 0 Å². The van der Waals surface area contributed by atoms with E-state index in [1.807, 2.05) is 11.1 Å². The summed E-state index contributed by atoms with van der Waals surface area (Å²) in [6.45, 7) is 13.1. The molecule has 0 aromatic rings. The van der Waals surface area contributed by atoms with Gasteiger partial charge in [0.25, 0.3) is 0 Å². The molecule has 14 unspecified atom stereocenters. The first-order chi connectivity index (χ1) is 26.9. The smallest absolute Gasteiger partial charge is 0.0286 e. The third-order valence-electron chi connectivity index (χ3n) is 19.8. The predicted octanol–water partition coefficient (Wildman–Crippen LogP) is 17.6. The molecule has 2 bridgehead atoms. The van der Waals surface area contributed by atoms with Crippen LogP contribution in [0.15, 0.2) is 11.1 Å². The van der Waals surface area contributed by atoms with E-state index < -0.39 is 0 Å². The molecule has 0 spiro atoms. The van der Waals surface area contributed by atoms with Crippen molar-refractivity contribution < 1.29 is 0 Å². The van der Waals surface area contributed by atoms with Crippen molar-refractivity contribution in [3.63, 3.8) is 0 Å². The van der Waals surface area contributed by atoms with Crippen LogP contribution in [0.1, 0.15) is 247 Å². The average molecular weight is 757 g/mol. The number of hydrogen-bond acceptors (Lipinski definition) is 0. The summed E-state index contributed by atoms with van der Waals surface area (Å²) in [7, 11) is 0. The topological polar surface area (TPSA) is 0 Å². The molecule has 7 rings (SSSR count). The molecule has 0 aliphatic heterocycles. The van der Waals surface area contributed by atoms with Gasteiger partial charge in [0.15, 0.2) is 0 Å². The quantitative estimate of drug-likeness (QED) is 0.155. The molecule has 0 amide bonds. The molecular weight excluding hydrogens is 661 g/mol. The number of allylic oxidation sites excluding steroid dienone is 2. The van der Waals surface area contributed by atoms with Gasteiger partial charge in [-0.3, -0.25) is 0 Å². The van der Waals surface area contributed by atoms with Crippen molar-refractivity contribution in [3.8, 4) is 0 Å². The van der Waals surface area contributed by atoms with E-state index in [0.717, 1.165) is 88.8 Å². The first-order valence-electron chi connectivity index (χ1n) is 26.6. The molecule has 0 saturated heterocycles. The Hall–Kier alpha value is -0.260. The Labute approximate surface area is 345 Å². The summed E-state index contributed by atoms with van der Waals surface area (Å²) in [5, 5.41) is 0. The molecule has 7 aliphatic rings. The summed E-state index contributed by atoms with van der Waals surface area (Å²) in [6, 6.07) is 0. The summed E-state index contributed by atoms with van der Waals surface area (Å²) >= 11 is 0. The van der Waals surface area contributed by atoms with Crippen LogP contribution in [0.25, 0.3) is 0 Å². The Morgan fingerprint density at radius 1 is 0.527 bits per heavy atom. The fourth-order valence-corrected chi connectivity index (χ4v) is 16.6. The Balaban J connectivity index is 0.953. The van der Waals surface area contributed by atoms with Gasteiger partial charge in [0.2, 0.25) is 0 Å². The maximum atomic E-state index is 2.70. The fourth-order valence-electron chi connectivity index (χ4n) is 16.6. The van der Waals surface area contributed by atoms with Crippen molar-refractivity contribution in [2.24, 2.45) is 88.8 Å². The molecule has 5 saturated carbocycles. The zero-order valence-electron chi connectivity index (χ0n) is 38.0. The standard InChI is InChI=1S/C55H96/c1-6-42(28-26-41(5)51(7-2)55-22-14-13-21-53(55)44-17-11-12-18-44)34-39(3)25-30-48-37-47-32-33-49(54-23-15-19-45-16-9-8-10-20-52(45)54)38-46(47)31-29-43-27-24-40(4)35-50(48)36-43/h39-45,48-55H,6-38H2,1-5H3. The highest BCUT2D eigenvalue weighted by Crippen LogP contribution is 2.53. The van der Waals surface area contributed by atoms with Gasteiger partial charge in [-0.05, 0) is 179 Å². The van der Waals surface area contributed by atoms with Crippen LogP contribution >= 0.6 is 0 Å². The van der Waals surface area contributed by atoms with Crippen LogP contribution in [0.5, 0.6) is 0 Å². The van der Waals surface area contributed by atoms with Gasteiger partial charge in [0.05, 0.1) is 0 Å². The normalized spacial score (nSPS) is 39.0. The lowest BCUT2D eigenvalue weighted by molar-refractivity contribution is 0.0719. The van der Waals surface area contributed by atoms with E-state index >= 15 is 0 Å². The molecule has 5 fully saturated rings. The molecule has 14 atom stereocenters. The SMILES string of the molecule is CCC(CCC(C)C(CC)C1CCCCC1C1CCCC1)CC(C)CCC1CC2=C(CCC3CCC(C)CC1C3)CC(C1CCCC3CCCCCC31)CC2. The maximum absolute atomic E-state index is 2.70. The highest BCUT2D eigenvalue weighted by Gasteiger charge is 2.41. The van der Waals surface area contributed by atoms with Crippen LogP contribution in [-0.4, -0.2) is 0 Å². The van der Waals surface area contributed by atoms with E-state index in [2.05, 4.69) is 34.6 Å². The molecule has 0 aromatic heterocycles. The van der Waals surface area contributed by atoms with Gasteiger partial charge in [-0.1, -0.05) is 168 Å². The molecule has 0 radical (unpaired) electrons. The van der Waals surface area contributed by atoms with Crippen molar-refractivity contribution >= 4 is 0 Å². The van der Waals surface area contributed by atoms with E-state index in [-0.39, 0.29) is 0 Å². The van der Waals surface area contributed by atoms with Crippen molar-refractivity contribution in [1.29, 1.82) is 0 Å². The minimum atomic E-state index is 0.905. The summed E-state index contributed by atoms with van der Waals surface area (Å²) in [5.41, 5.74) is 4.07. The third-order valence-corrected chi connectivity index (χ3v) is 19.8. The summed E-state index contributed by atoms with van der Waals surface area (Å²) in [4.78, 5) is 0. The second kappa shape index (κ2) is 21.3. The second-order valence-electron chi connectivity index (χ2n) is 23.1. The zero-order valence-corrected chi connectivity index (χ0v) is 38.0. The molecular formula is C55H96. The van der Waals surface area contributed by atoms with Gasteiger partial charge in [-0.25, -0.2) is 0 Å². The van der Waals surface area contributed by atoms with Crippen LogP contribution in [0.4, 0.5) is 0 Å². The predicted molar refractivity (Wildman–Crippen MR) is 240 cm³/mol. The first kappa shape index (κ1) is 42.8. The monoisotopic (exact) mass is 757 g/mol. The molecule has 0 aromatic carbocycles. The number of rotatable bonds is 14. The van der Waals surface area contributed by atoms with E-state index in [4.69, 9.17) is 0 Å². The highest BCUT2D eigenvalue weighted by atomic mass is 14.5. The van der Waals surface area contributed by atoms with Crippen LogP contribution < -0.4 is 0 Å². The Kier molecular flexibility index (Phi) is 16.6. The highest BCUT2D eigenvalue weighted by molar-refractivity contribution is 5.20. The zero-order chi connectivity index (χ0) is 38.1. The largest absolute Gasteiger partial charge is 0.0707 e. The minimum absolute atomic E-state index is 0.905. The van der Waals surface area contributed by atoms with E-state index in [1.54, 1.807) is 83.5 Å². The molecule has 0 N–H and O–H groups in total. The van der Waals surface area contributed by atoms with Crippen molar-refractivity contribution in [2.45, 2.75) is 247 Å². The minimum Gasteiger partial charge on any atom is -0.0707 e. The van der Waals surface area contributed by atoms with Gasteiger partial charge >= 0.3 is 0 Å².